The van der Waals surface area contributed by atoms with Crippen molar-refractivity contribution in [2.45, 2.75) is 6.42 Å². The Kier molecular flexibility index (Phi) is 8.60. The molecule has 0 aromatic carbocycles. The van der Waals surface area contributed by atoms with Gasteiger partial charge in [0.05, 0.1) is 6.42 Å². The third-order valence-corrected chi connectivity index (χ3v) is 0.462. The van der Waals surface area contributed by atoms with Crippen LogP contribution in [0.1, 0.15) is 6.42 Å². The highest BCUT2D eigenvalue weighted by Crippen LogP contribution is 2.08. The van der Waals surface area contributed by atoms with Crippen LogP contribution in [0.15, 0.2) is 24.8 Å². The van der Waals surface area contributed by atoms with Gasteiger partial charge in [0.2, 0.25) is 0 Å². The van der Waals surface area contributed by atoms with Crippen LogP contribution in [0.3, 0.4) is 0 Å². The fraction of sp³-hybridized carbons (Fsp3) is 0.167. The van der Waals surface area contributed by atoms with Crippen molar-refractivity contribution >= 4 is 5.97 Å². The SMILES string of the molecule is C=CCC(=O)O.FC(F)=C(F)F. The minimum absolute atomic E-state index is 0.0556. The largest absolute Gasteiger partial charge is 0.481 e. The van der Waals surface area contributed by atoms with Crippen molar-refractivity contribution < 1.29 is 27.5 Å². The van der Waals surface area contributed by atoms with Crippen molar-refractivity contribution in [2.75, 3.05) is 0 Å². The van der Waals surface area contributed by atoms with E-state index in [1.165, 1.54) is 6.08 Å². The molecule has 0 rings (SSSR count). The molecule has 0 saturated heterocycles. The van der Waals surface area contributed by atoms with E-state index in [0.717, 1.165) is 0 Å². The zero-order chi connectivity index (χ0) is 10.1. The van der Waals surface area contributed by atoms with Crippen molar-refractivity contribution in [1.29, 1.82) is 0 Å². The molecule has 0 unspecified atom stereocenters. The second-order valence-electron chi connectivity index (χ2n) is 1.41. The number of aliphatic carboxylic acids is 1. The van der Waals surface area contributed by atoms with Crippen LogP contribution in [0.2, 0.25) is 0 Å². The van der Waals surface area contributed by atoms with Crippen molar-refractivity contribution in [2.24, 2.45) is 0 Å². The predicted octanol–water partition coefficient (Wildman–Crippen LogP) is 2.64. The summed E-state index contributed by atoms with van der Waals surface area (Å²) in [5.41, 5.74) is 0. The van der Waals surface area contributed by atoms with Gasteiger partial charge < -0.3 is 5.11 Å². The molecule has 0 spiro atoms. The second kappa shape index (κ2) is 7.77. The van der Waals surface area contributed by atoms with E-state index in [-0.39, 0.29) is 6.42 Å². The van der Waals surface area contributed by atoms with Crippen LogP contribution in [0.25, 0.3) is 0 Å². The molecule has 0 radical (unpaired) electrons. The normalized spacial score (nSPS) is 7.67. The number of hydrogen-bond donors (Lipinski definition) is 1. The number of carboxylic acid groups (broad SMARTS) is 1. The molecule has 0 aliphatic carbocycles. The van der Waals surface area contributed by atoms with E-state index >= 15 is 0 Å². The minimum atomic E-state index is -2.91. The molecule has 0 fully saturated rings. The van der Waals surface area contributed by atoms with Gasteiger partial charge in [-0.2, -0.15) is 17.6 Å². The van der Waals surface area contributed by atoms with E-state index in [0.29, 0.717) is 0 Å². The Labute approximate surface area is 65.8 Å². The monoisotopic (exact) mass is 186 g/mol. The first-order valence-electron chi connectivity index (χ1n) is 2.60. The van der Waals surface area contributed by atoms with Crippen LogP contribution in [-0.2, 0) is 4.79 Å². The average molecular weight is 186 g/mol. The van der Waals surface area contributed by atoms with Crippen LogP contribution < -0.4 is 0 Å². The molecule has 12 heavy (non-hydrogen) atoms. The Balaban J connectivity index is 0. The molecule has 0 aliphatic heterocycles. The lowest BCUT2D eigenvalue weighted by Gasteiger charge is -1.75. The Morgan fingerprint density at radius 1 is 1.25 bits per heavy atom. The molecule has 1 N–H and O–H groups in total. The van der Waals surface area contributed by atoms with Gasteiger partial charge in [0, 0.05) is 0 Å². The average Bonchev–Trinajstić information content (AvgIpc) is 1.87. The molecule has 0 aliphatic rings. The van der Waals surface area contributed by atoms with E-state index in [9.17, 15) is 22.4 Å². The van der Waals surface area contributed by atoms with Gasteiger partial charge in [-0.25, -0.2) is 0 Å². The van der Waals surface area contributed by atoms with E-state index in [1.54, 1.807) is 0 Å². The van der Waals surface area contributed by atoms with Crippen molar-refractivity contribution in [3.63, 3.8) is 0 Å². The van der Waals surface area contributed by atoms with E-state index < -0.39 is 18.1 Å². The lowest BCUT2D eigenvalue weighted by Crippen LogP contribution is -1.88. The molecule has 0 atom stereocenters. The van der Waals surface area contributed by atoms with E-state index in [4.69, 9.17) is 5.11 Å². The number of carbonyl (C=O) groups is 1. The molecular weight excluding hydrogens is 180 g/mol. The lowest BCUT2D eigenvalue weighted by molar-refractivity contribution is -0.135. The summed E-state index contributed by atoms with van der Waals surface area (Å²) >= 11 is 0. The molecule has 2 nitrogen and oxygen atoms in total. The second-order valence-corrected chi connectivity index (χ2v) is 1.41. The Morgan fingerprint density at radius 2 is 1.58 bits per heavy atom. The maximum atomic E-state index is 10.3. The molecule has 0 saturated carbocycles. The number of rotatable bonds is 2. The van der Waals surface area contributed by atoms with E-state index in [2.05, 4.69) is 6.58 Å². The third kappa shape index (κ3) is 15.9. The number of carboxylic acids is 1. The summed E-state index contributed by atoms with van der Waals surface area (Å²) in [6, 6.07) is 0. The topological polar surface area (TPSA) is 37.3 Å². The Bertz CT molecular complexity index is 170. The predicted molar refractivity (Wildman–Crippen MR) is 33.9 cm³/mol. The highest BCUT2D eigenvalue weighted by Gasteiger charge is 1.98. The summed E-state index contributed by atoms with van der Waals surface area (Å²) in [6.07, 6.45) is -4.41. The fourth-order valence-electron chi connectivity index (χ4n) is 0.123. The summed E-state index contributed by atoms with van der Waals surface area (Å²) in [5.74, 6) is -0.829. The molecular formula is C6H6F4O2. The summed E-state index contributed by atoms with van der Waals surface area (Å²) < 4.78 is 41.1. The fourth-order valence-corrected chi connectivity index (χ4v) is 0.123. The van der Waals surface area contributed by atoms with Gasteiger partial charge in [-0.05, 0) is 0 Å². The Morgan fingerprint density at radius 3 is 1.58 bits per heavy atom. The standard InChI is InChI=1S/C4H6O2.C2F4/c1-2-3-4(5)6;3-1(4)2(5)6/h2H,1,3H2,(H,5,6);. The minimum Gasteiger partial charge on any atom is -0.481 e. The van der Waals surface area contributed by atoms with Crippen LogP contribution in [0.4, 0.5) is 17.6 Å². The van der Waals surface area contributed by atoms with Gasteiger partial charge in [-0.15, -0.1) is 6.58 Å². The van der Waals surface area contributed by atoms with Crippen molar-refractivity contribution in [3.05, 3.63) is 24.8 Å². The molecule has 0 bridgehead atoms. The summed E-state index contributed by atoms with van der Waals surface area (Å²) in [4.78, 5) is 9.53. The molecule has 0 aromatic heterocycles. The summed E-state index contributed by atoms with van der Waals surface area (Å²) in [5, 5.41) is 7.84. The van der Waals surface area contributed by atoms with Gasteiger partial charge in [0.15, 0.2) is 0 Å². The first kappa shape index (κ1) is 13.3. The highest BCUT2D eigenvalue weighted by molar-refractivity contribution is 5.68. The zero-order valence-corrected chi connectivity index (χ0v) is 5.86. The maximum Gasteiger partial charge on any atom is 0.334 e. The first-order valence-corrected chi connectivity index (χ1v) is 2.60. The number of halogens is 4. The maximum absolute atomic E-state index is 10.3. The third-order valence-electron chi connectivity index (χ3n) is 0.462. The van der Waals surface area contributed by atoms with Crippen LogP contribution in [0.5, 0.6) is 0 Å². The number of hydrogen-bond acceptors (Lipinski definition) is 1. The van der Waals surface area contributed by atoms with Gasteiger partial charge >= 0.3 is 18.1 Å². The van der Waals surface area contributed by atoms with Crippen LogP contribution in [-0.4, -0.2) is 11.1 Å². The summed E-state index contributed by atoms with van der Waals surface area (Å²) in [7, 11) is 0. The molecule has 0 heterocycles. The quantitative estimate of drug-likeness (QED) is 0.531. The lowest BCUT2D eigenvalue weighted by atomic mass is 10.4. The van der Waals surface area contributed by atoms with Gasteiger partial charge in [-0.3, -0.25) is 4.79 Å². The Hall–Kier alpha value is -1.33. The molecule has 70 valence electrons. The van der Waals surface area contributed by atoms with Gasteiger partial charge in [0.25, 0.3) is 0 Å². The zero-order valence-electron chi connectivity index (χ0n) is 5.86. The van der Waals surface area contributed by atoms with Gasteiger partial charge in [0.1, 0.15) is 0 Å². The van der Waals surface area contributed by atoms with Crippen molar-refractivity contribution in [1.82, 2.24) is 0 Å². The van der Waals surface area contributed by atoms with Crippen LogP contribution >= 0.6 is 0 Å². The summed E-state index contributed by atoms with van der Waals surface area (Å²) in [6.45, 7) is 3.22. The molecule has 0 amide bonds. The van der Waals surface area contributed by atoms with Crippen LogP contribution in [0, 0.1) is 0 Å². The van der Waals surface area contributed by atoms with E-state index in [1.807, 2.05) is 0 Å². The highest BCUT2D eigenvalue weighted by atomic mass is 19.3. The molecule has 6 heteroatoms. The van der Waals surface area contributed by atoms with Gasteiger partial charge in [-0.1, -0.05) is 6.08 Å². The molecule has 0 aromatic rings. The smallest absolute Gasteiger partial charge is 0.334 e. The van der Waals surface area contributed by atoms with Crippen molar-refractivity contribution in [3.8, 4) is 0 Å². The first-order chi connectivity index (χ1) is 5.41.